The van der Waals surface area contributed by atoms with Crippen LogP contribution in [0.4, 0.5) is 0 Å². The molecule has 2 aromatic heterocycles. The molecule has 6 nitrogen and oxygen atoms in total. The Labute approximate surface area is 174 Å². The molecule has 2 aliphatic rings. The average Bonchev–Trinajstić information content (AvgIpc) is 3.35. The van der Waals surface area contributed by atoms with Gasteiger partial charge in [-0.05, 0) is 71.0 Å². The van der Waals surface area contributed by atoms with Crippen molar-refractivity contribution in [3.63, 3.8) is 0 Å². The second-order valence-electron chi connectivity index (χ2n) is 8.83. The summed E-state index contributed by atoms with van der Waals surface area (Å²) in [4.78, 5) is 22.0. The van der Waals surface area contributed by atoms with E-state index in [2.05, 4.69) is 31.7 Å². The molecule has 0 unspecified atom stereocenters. The highest BCUT2D eigenvalue weighted by atomic mass is 16.2. The van der Waals surface area contributed by atoms with Crippen molar-refractivity contribution < 1.29 is 4.79 Å². The Balaban J connectivity index is 1.49. The first kappa shape index (κ1) is 20.3. The van der Waals surface area contributed by atoms with E-state index in [1.807, 2.05) is 9.42 Å². The Morgan fingerprint density at radius 2 is 1.97 bits per heavy atom. The summed E-state index contributed by atoms with van der Waals surface area (Å²) in [7, 11) is 0. The van der Waals surface area contributed by atoms with E-state index in [4.69, 9.17) is 10.1 Å². The van der Waals surface area contributed by atoms with Gasteiger partial charge >= 0.3 is 0 Å². The van der Waals surface area contributed by atoms with E-state index in [9.17, 15) is 4.79 Å². The standard InChI is InChI=1S/C23H35N5O/c1-4-11-26-14-10-19(16-26)21-15-22-24-17(2)20(18(3)28(22)25-21)8-9-23(29)27-12-6-5-7-13-27/h15,19H,4-14,16H2,1-3H3/t19-/m0/s1. The van der Waals surface area contributed by atoms with Crippen LogP contribution in [0, 0.1) is 13.8 Å². The zero-order valence-electron chi connectivity index (χ0n) is 18.3. The molecule has 6 heteroatoms. The number of fused-ring (bicyclic) bond motifs is 1. The second-order valence-corrected chi connectivity index (χ2v) is 8.83. The minimum atomic E-state index is 0.284. The van der Waals surface area contributed by atoms with Crippen molar-refractivity contribution >= 4 is 11.6 Å². The molecule has 2 saturated heterocycles. The molecule has 0 aromatic carbocycles. The zero-order chi connectivity index (χ0) is 20.4. The van der Waals surface area contributed by atoms with E-state index in [-0.39, 0.29) is 5.91 Å². The molecule has 0 bridgehead atoms. The molecule has 2 fully saturated rings. The van der Waals surface area contributed by atoms with Crippen molar-refractivity contribution in [1.29, 1.82) is 0 Å². The SMILES string of the molecule is CCCN1CC[C@H](c2cc3nc(C)c(CCC(=O)N4CCCCC4)c(C)n3n2)C1. The van der Waals surface area contributed by atoms with Gasteiger partial charge in [0.25, 0.3) is 0 Å². The van der Waals surface area contributed by atoms with Crippen LogP contribution >= 0.6 is 0 Å². The molecule has 0 saturated carbocycles. The fourth-order valence-electron chi connectivity index (χ4n) is 5.03. The number of piperidine rings is 1. The quantitative estimate of drug-likeness (QED) is 0.749. The molecule has 0 spiro atoms. The van der Waals surface area contributed by atoms with Crippen LogP contribution in [0.2, 0.25) is 0 Å². The third kappa shape index (κ3) is 4.32. The molecular weight excluding hydrogens is 362 g/mol. The number of aryl methyl sites for hydroxylation is 2. The highest BCUT2D eigenvalue weighted by molar-refractivity contribution is 5.76. The Morgan fingerprint density at radius 3 is 2.72 bits per heavy atom. The molecule has 1 atom stereocenters. The molecule has 0 radical (unpaired) electrons. The van der Waals surface area contributed by atoms with Gasteiger partial charge in [-0.25, -0.2) is 9.50 Å². The van der Waals surface area contributed by atoms with Gasteiger partial charge in [-0.3, -0.25) is 4.79 Å². The lowest BCUT2D eigenvalue weighted by atomic mass is 10.0. The number of carbonyl (C=O) groups is 1. The van der Waals surface area contributed by atoms with Crippen LogP contribution in [0.25, 0.3) is 5.65 Å². The number of hydrogen-bond acceptors (Lipinski definition) is 4. The van der Waals surface area contributed by atoms with Crippen molar-refractivity contribution in [2.75, 3.05) is 32.7 Å². The van der Waals surface area contributed by atoms with Gasteiger partial charge in [0.15, 0.2) is 5.65 Å². The number of nitrogens with zero attached hydrogens (tertiary/aromatic N) is 5. The van der Waals surface area contributed by atoms with Gasteiger partial charge in [0.05, 0.1) is 5.69 Å². The van der Waals surface area contributed by atoms with E-state index in [0.29, 0.717) is 12.3 Å². The first-order chi connectivity index (χ1) is 14.1. The van der Waals surface area contributed by atoms with Crippen LogP contribution < -0.4 is 0 Å². The largest absolute Gasteiger partial charge is 0.343 e. The third-order valence-electron chi connectivity index (χ3n) is 6.71. The van der Waals surface area contributed by atoms with Crippen molar-refractivity contribution in [3.8, 4) is 0 Å². The fourth-order valence-corrected chi connectivity index (χ4v) is 5.03. The fraction of sp³-hybridized carbons (Fsp3) is 0.696. The second kappa shape index (κ2) is 8.82. The Kier molecular flexibility index (Phi) is 6.18. The maximum Gasteiger partial charge on any atom is 0.222 e. The zero-order valence-corrected chi connectivity index (χ0v) is 18.3. The number of aromatic nitrogens is 3. The summed E-state index contributed by atoms with van der Waals surface area (Å²) >= 11 is 0. The first-order valence-electron chi connectivity index (χ1n) is 11.4. The van der Waals surface area contributed by atoms with Crippen molar-refractivity contribution in [1.82, 2.24) is 24.4 Å². The van der Waals surface area contributed by atoms with Gasteiger partial charge in [0.2, 0.25) is 5.91 Å². The minimum absolute atomic E-state index is 0.284. The lowest BCUT2D eigenvalue weighted by Gasteiger charge is -2.26. The average molecular weight is 398 g/mol. The molecule has 0 aliphatic carbocycles. The lowest BCUT2D eigenvalue weighted by Crippen LogP contribution is -2.35. The Morgan fingerprint density at radius 1 is 1.17 bits per heavy atom. The molecule has 4 rings (SSSR count). The van der Waals surface area contributed by atoms with Gasteiger partial charge < -0.3 is 9.80 Å². The summed E-state index contributed by atoms with van der Waals surface area (Å²) in [6.07, 6.45) is 7.24. The van der Waals surface area contributed by atoms with Crippen LogP contribution in [0.1, 0.15) is 74.0 Å². The van der Waals surface area contributed by atoms with Gasteiger partial charge in [-0.2, -0.15) is 5.10 Å². The number of rotatable bonds is 6. The Hall–Kier alpha value is -1.95. The highest BCUT2D eigenvalue weighted by Gasteiger charge is 2.26. The topological polar surface area (TPSA) is 53.7 Å². The van der Waals surface area contributed by atoms with Crippen LogP contribution in [0.5, 0.6) is 0 Å². The summed E-state index contributed by atoms with van der Waals surface area (Å²) in [5.41, 5.74) is 5.45. The molecule has 0 N–H and O–H groups in total. The predicted molar refractivity (Wildman–Crippen MR) is 115 cm³/mol. The maximum absolute atomic E-state index is 12.6. The van der Waals surface area contributed by atoms with Crippen molar-refractivity contribution in [3.05, 3.63) is 28.7 Å². The van der Waals surface area contributed by atoms with E-state index in [1.54, 1.807) is 0 Å². The normalized spacial score (nSPS) is 20.7. The molecular formula is C23H35N5O. The van der Waals surface area contributed by atoms with E-state index < -0.39 is 0 Å². The maximum atomic E-state index is 12.6. The molecule has 4 heterocycles. The van der Waals surface area contributed by atoms with Crippen LogP contribution in [0.3, 0.4) is 0 Å². The summed E-state index contributed by atoms with van der Waals surface area (Å²) < 4.78 is 2.01. The van der Waals surface area contributed by atoms with Gasteiger partial charge in [0, 0.05) is 49.4 Å². The van der Waals surface area contributed by atoms with Gasteiger partial charge in [-0.15, -0.1) is 0 Å². The summed E-state index contributed by atoms with van der Waals surface area (Å²) in [5, 5.41) is 4.94. The van der Waals surface area contributed by atoms with E-state index in [1.165, 1.54) is 43.6 Å². The lowest BCUT2D eigenvalue weighted by molar-refractivity contribution is -0.132. The van der Waals surface area contributed by atoms with Gasteiger partial charge in [-0.1, -0.05) is 6.92 Å². The minimum Gasteiger partial charge on any atom is -0.343 e. The third-order valence-corrected chi connectivity index (χ3v) is 6.71. The number of amides is 1. The molecule has 2 aromatic rings. The highest BCUT2D eigenvalue weighted by Crippen LogP contribution is 2.28. The molecule has 1 amide bonds. The smallest absolute Gasteiger partial charge is 0.222 e. The summed E-state index contributed by atoms with van der Waals surface area (Å²) in [6, 6.07) is 2.17. The summed E-state index contributed by atoms with van der Waals surface area (Å²) in [6.45, 7) is 11.7. The Bertz CT molecular complexity index is 868. The molecule has 158 valence electrons. The predicted octanol–water partition coefficient (Wildman–Crippen LogP) is 3.49. The monoisotopic (exact) mass is 397 g/mol. The van der Waals surface area contributed by atoms with Gasteiger partial charge in [0.1, 0.15) is 0 Å². The van der Waals surface area contributed by atoms with Crippen molar-refractivity contribution in [2.45, 2.75) is 71.6 Å². The summed E-state index contributed by atoms with van der Waals surface area (Å²) in [5.74, 6) is 0.791. The molecule has 29 heavy (non-hydrogen) atoms. The van der Waals surface area contributed by atoms with Crippen LogP contribution in [0.15, 0.2) is 6.07 Å². The number of likely N-dealkylation sites (tertiary alicyclic amines) is 2. The first-order valence-corrected chi connectivity index (χ1v) is 11.4. The number of carbonyl (C=O) groups excluding carboxylic acids is 1. The van der Waals surface area contributed by atoms with E-state index in [0.717, 1.165) is 55.9 Å². The van der Waals surface area contributed by atoms with Crippen LogP contribution in [-0.4, -0.2) is 63.0 Å². The molecule has 2 aliphatic heterocycles. The van der Waals surface area contributed by atoms with Crippen LogP contribution in [-0.2, 0) is 11.2 Å². The van der Waals surface area contributed by atoms with Crippen molar-refractivity contribution in [2.24, 2.45) is 0 Å². The number of hydrogen-bond donors (Lipinski definition) is 0. The van der Waals surface area contributed by atoms with E-state index >= 15 is 0 Å².